The Bertz CT molecular complexity index is 1800. The molecule has 48 heavy (non-hydrogen) atoms. The van der Waals surface area contributed by atoms with Crippen molar-refractivity contribution in [3.05, 3.63) is 124 Å². The summed E-state index contributed by atoms with van der Waals surface area (Å²) in [5.41, 5.74) is 2.45. The minimum atomic E-state index is -4.29. The Kier molecular flexibility index (Phi) is 12.9. The summed E-state index contributed by atoms with van der Waals surface area (Å²) in [6.07, 6.45) is 0.859. The third-order valence-corrected chi connectivity index (χ3v) is 10.3. The summed E-state index contributed by atoms with van der Waals surface area (Å²) >= 11 is 12.8. The first-order chi connectivity index (χ1) is 22.9. The number of sulfonamides is 1. The second kappa shape index (κ2) is 16.9. The maximum absolute atomic E-state index is 14.7. The van der Waals surface area contributed by atoms with Gasteiger partial charge in [0.2, 0.25) is 11.8 Å². The van der Waals surface area contributed by atoms with E-state index in [2.05, 4.69) is 5.32 Å². The second-order valence-electron chi connectivity index (χ2n) is 11.5. The van der Waals surface area contributed by atoms with Crippen LogP contribution in [-0.4, -0.2) is 50.4 Å². The minimum absolute atomic E-state index is 0.00912. The molecule has 0 bridgehead atoms. The molecular weight excluding hydrogens is 669 g/mol. The summed E-state index contributed by atoms with van der Waals surface area (Å²) in [7, 11) is -4.29. The number of ether oxygens (including phenoxy) is 1. The summed E-state index contributed by atoms with van der Waals surface area (Å²) < 4.78 is 35.6. The number of carbonyl (C=O) groups is 2. The third-order valence-electron chi connectivity index (χ3n) is 7.95. The number of amides is 2. The van der Waals surface area contributed by atoms with Crippen LogP contribution in [0.5, 0.6) is 5.75 Å². The van der Waals surface area contributed by atoms with E-state index in [4.69, 9.17) is 27.9 Å². The highest BCUT2D eigenvalue weighted by atomic mass is 35.5. The fraction of sp³-hybridized carbons (Fsp3) is 0.297. The molecule has 11 heteroatoms. The van der Waals surface area contributed by atoms with Gasteiger partial charge in [0.15, 0.2) is 0 Å². The molecule has 2 atom stereocenters. The molecule has 4 aromatic carbocycles. The Morgan fingerprint density at radius 1 is 0.896 bits per heavy atom. The van der Waals surface area contributed by atoms with Crippen LogP contribution < -0.4 is 14.4 Å². The van der Waals surface area contributed by atoms with Crippen LogP contribution in [0.1, 0.15) is 43.9 Å². The van der Waals surface area contributed by atoms with Gasteiger partial charge in [-0.2, -0.15) is 0 Å². The number of nitrogens with one attached hydrogen (secondary N) is 1. The Hall–Kier alpha value is -4.05. The molecule has 0 aromatic heterocycles. The van der Waals surface area contributed by atoms with E-state index in [1.807, 2.05) is 51.1 Å². The van der Waals surface area contributed by atoms with Gasteiger partial charge in [0.1, 0.15) is 18.3 Å². The molecule has 0 unspecified atom stereocenters. The van der Waals surface area contributed by atoms with Crippen molar-refractivity contribution in [1.82, 2.24) is 10.2 Å². The van der Waals surface area contributed by atoms with Crippen molar-refractivity contribution in [2.45, 2.75) is 64.1 Å². The minimum Gasteiger partial charge on any atom is -0.492 e. The quantitative estimate of drug-likeness (QED) is 0.138. The maximum Gasteiger partial charge on any atom is 0.264 e. The number of halogens is 2. The SMILES string of the molecule is CCOc1ccccc1N(CC(=O)N(Cc1ccc(Cl)cc1Cl)[C@@H](Cc1ccccc1)C(=O)N[C@H](C)CC)S(=O)(=O)c1ccc(C)cc1. The molecule has 0 radical (unpaired) electrons. The molecule has 2 amide bonds. The molecule has 8 nitrogen and oxygen atoms in total. The fourth-order valence-corrected chi connectivity index (χ4v) is 7.01. The Labute approximate surface area is 293 Å². The highest BCUT2D eigenvalue weighted by Gasteiger charge is 2.36. The number of para-hydroxylation sites is 2. The number of rotatable bonds is 15. The molecule has 0 spiro atoms. The monoisotopic (exact) mass is 709 g/mol. The molecule has 1 N–H and O–H groups in total. The molecular formula is C37H41Cl2N3O5S. The lowest BCUT2D eigenvalue weighted by Gasteiger charge is -2.34. The van der Waals surface area contributed by atoms with E-state index in [9.17, 15) is 18.0 Å². The van der Waals surface area contributed by atoms with Gasteiger partial charge < -0.3 is 15.0 Å². The number of nitrogens with zero attached hydrogens (tertiary/aromatic N) is 2. The summed E-state index contributed by atoms with van der Waals surface area (Å²) in [6, 6.07) is 26.2. The topological polar surface area (TPSA) is 96.0 Å². The van der Waals surface area contributed by atoms with Crippen molar-refractivity contribution in [2.24, 2.45) is 0 Å². The van der Waals surface area contributed by atoms with Crippen LogP contribution in [0.3, 0.4) is 0 Å². The van der Waals surface area contributed by atoms with Gasteiger partial charge >= 0.3 is 0 Å². The average molecular weight is 711 g/mol. The van der Waals surface area contributed by atoms with Crippen molar-refractivity contribution in [1.29, 1.82) is 0 Å². The number of carbonyl (C=O) groups excluding carboxylic acids is 2. The Morgan fingerprint density at radius 3 is 2.21 bits per heavy atom. The summed E-state index contributed by atoms with van der Waals surface area (Å²) in [6.45, 7) is 7.08. The van der Waals surface area contributed by atoms with Gasteiger partial charge in [-0.25, -0.2) is 8.42 Å². The van der Waals surface area contributed by atoms with Gasteiger partial charge in [-0.15, -0.1) is 0 Å². The van der Waals surface area contributed by atoms with E-state index in [0.29, 0.717) is 27.8 Å². The first-order valence-electron chi connectivity index (χ1n) is 15.8. The maximum atomic E-state index is 14.7. The van der Waals surface area contributed by atoms with Crippen molar-refractivity contribution >= 4 is 50.7 Å². The van der Waals surface area contributed by atoms with Crippen LogP contribution in [0.2, 0.25) is 10.0 Å². The largest absolute Gasteiger partial charge is 0.492 e. The molecule has 0 heterocycles. The second-order valence-corrected chi connectivity index (χ2v) is 14.2. The molecule has 0 saturated heterocycles. The van der Waals surface area contributed by atoms with Crippen LogP contribution in [-0.2, 0) is 32.6 Å². The van der Waals surface area contributed by atoms with Crippen molar-refractivity contribution in [3.63, 3.8) is 0 Å². The molecule has 4 aromatic rings. The molecule has 0 saturated carbocycles. The third kappa shape index (κ3) is 9.30. The molecule has 0 aliphatic rings. The number of hydrogen-bond acceptors (Lipinski definition) is 5. The smallest absolute Gasteiger partial charge is 0.264 e. The summed E-state index contributed by atoms with van der Waals surface area (Å²) in [5, 5.41) is 3.76. The highest BCUT2D eigenvalue weighted by Crippen LogP contribution is 2.33. The average Bonchev–Trinajstić information content (AvgIpc) is 3.07. The van der Waals surface area contributed by atoms with Crippen molar-refractivity contribution < 1.29 is 22.7 Å². The summed E-state index contributed by atoms with van der Waals surface area (Å²) in [4.78, 5) is 30.2. The lowest BCUT2D eigenvalue weighted by molar-refractivity contribution is -0.140. The van der Waals surface area contributed by atoms with E-state index < -0.39 is 28.5 Å². The van der Waals surface area contributed by atoms with Gasteiger partial charge in [-0.05, 0) is 74.7 Å². The molecule has 0 fully saturated rings. The molecule has 0 aliphatic heterocycles. The van der Waals surface area contributed by atoms with Crippen molar-refractivity contribution in [3.8, 4) is 5.75 Å². The van der Waals surface area contributed by atoms with Crippen LogP contribution in [0, 0.1) is 6.92 Å². The molecule has 0 aliphatic carbocycles. The zero-order valence-corrected chi connectivity index (χ0v) is 29.9. The van der Waals surface area contributed by atoms with Crippen LogP contribution in [0.4, 0.5) is 5.69 Å². The standard InChI is InChI=1S/C37H41Cl2N3O5S/c1-5-27(4)40-37(44)34(22-28-12-8-7-9-13-28)41(24-29-18-19-30(38)23-32(29)39)36(43)25-42(33-14-10-11-15-35(33)47-6-2)48(45,46)31-20-16-26(3)17-21-31/h7-21,23,27,34H,5-6,22,24-25H2,1-4H3,(H,40,44)/t27-,34+/m1/s1. The van der Waals surface area contributed by atoms with Gasteiger partial charge in [-0.3, -0.25) is 13.9 Å². The zero-order chi connectivity index (χ0) is 34.8. The molecule has 254 valence electrons. The van der Waals surface area contributed by atoms with Crippen molar-refractivity contribution in [2.75, 3.05) is 17.5 Å². The zero-order valence-electron chi connectivity index (χ0n) is 27.5. The fourth-order valence-electron chi connectivity index (χ4n) is 5.12. The van der Waals surface area contributed by atoms with Gasteiger partial charge in [0, 0.05) is 29.1 Å². The van der Waals surface area contributed by atoms with E-state index >= 15 is 0 Å². The number of benzene rings is 4. The number of anilines is 1. The Morgan fingerprint density at radius 2 is 1.56 bits per heavy atom. The number of aryl methyl sites for hydroxylation is 1. The van der Waals surface area contributed by atoms with Gasteiger partial charge in [0.05, 0.1) is 17.2 Å². The molecule has 4 rings (SSSR count). The lowest BCUT2D eigenvalue weighted by atomic mass is 10.0. The van der Waals surface area contributed by atoms with E-state index in [0.717, 1.165) is 15.4 Å². The van der Waals surface area contributed by atoms with Crippen LogP contribution in [0.25, 0.3) is 0 Å². The van der Waals surface area contributed by atoms with Crippen LogP contribution in [0.15, 0.2) is 102 Å². The Balaban J connectivity index is 1.86. The first-order valence-corrected chi connectivity index (χ1v) is 18.0. The predicted molar refractivity (Wildman–Crippen MR) is 192 cm³/mol. The highest BCUT2D eigenvalue weighted by molar-refractivity contribution is 7.92. The van der Waals surface area contributed by atoms with Crippen LogP contribution >= 0.6 is 23.2 Å². The number of hydrogen-bond donors (Lipinski definition) is 1. The summed E-state index contributed by atoms with van der Waals surface area (Å²) in [5.74, 6) is -0.677. The normalized spacial score (nSPS) is 12.5. The van der Waals surface area contributed by atoms with E-state index in [1.54, 1.807) is 61.5 Å². The first kappa shape index (κ1) is 36.8. The van der Waals surface area contributed by atoms with Gasteiger partial charge in [0.25, 0.3) is 10.0 Å². The van der Waals surface area contributed by atoms with E-state index in [-0.39, 0.29) is 42.1 Å². The van der Waals surface area contributed by atoms with Gasteiger partial charge in [-0.1, -0.05) is 96.4 Å². The van der Waals surface area contributed by atoms with E-state index in [1.165, 1.54) is 17.0 Å². The predicted octanol–water partition coefficient (Wildman–Crippen LogP) is 7.45. The lowest BCUT2D eigenvalue weighted by Crippen LogP contribution is -2.54.